The number of hydrogen-bond acceptors (Lipinski definition) is 5. The number of carbonyl (C=O) groups excluding carboxylic acids is 2. The van der Waals surface area contributed by atoms with E-state index in [0.29, 0.717) is 49.6 Å². The average Bonchev–Trinajstić information content (AvgIpc) is 3.41. The number of aromatic nitrogens is 4. The molecule has 4 rings (SSSR count). The predicted octanol–water partition coefficient (Wildman–Crippen LogP) is 1.26. The standard InChI is InChI=1S/C20H26N6O3/c1-3-17(27)25-10-5-6-15(25)18-22-14-8-11-24(12-13(14)19(28)23-18)20(29)16-7-9-21-26(16)4-2/h7,9,15H,3-6,8,10-12H2,1-2H3,(H,22,23,28)/t15-/m0/s1. The summed E-state index contributed by atoms with van der Waals surface area (Å²) in [6.07, 6.45) is 4.29. The van der Waals surface area contributed by atoms with Crippen molar-refractivity contribution in [2.75, 3.05) is 13.1 Å². The lowest BCUT2D eigenvalue weighted by Gasteiger charge is -2.29. The second-order valence-electron chi connectivity index (χ2n) is 7.48. The quantitative estimate of drug-likeness (QED) is 0.835. The third kappa shape index (κ3) is 3.45. The number of aryl methyl sites for hydroxylation is 1. The van der Waals surface area contributed by atoms with Crippen LogP contribution in [0, 0.1) is 0 Å². The number of carbonyl (C=O) groups is 2. The number of fused-ring (bicyclic) bond motifs is 1. The number of H-pyrrole nitrogens is 1. The van der Waals surface area contributed by atoms with Crippen LogP contribution >= 0.6 is 0 Å². The lowest BCUT2D eigenvalue weighted by molar-refractivity contribution is -0.131. The smallest absolute Gasteiger partial charge is 0.272 e. The van der Waals surface area contributed by atoms with Crippen LogP contribution in [0.3, 0.4) is 0 Å². The molecule has 0 radical (unpaired) electrons. The van der Waals surface area contributed by atoms with Gasteiger partial charge in [0.1, 0.15) is 11.5 Å². The molecule has 0 aliphatic carbocycles. The lowest BCUT2D eigenvalue weighted by Crippen LogP contribution is -2.41. The number of amides is 2. The second kappa shape index (κ2) is 7.81. The van der Waals surface area contributed by atoms with Crippen molar-refractivity contribution < 1.29 is 9.59 Å². The third-order valence-electron chi connectivity index (χ3n) is 5.80. The predicted molar refractivity (Wildman–Crippen MR) is 105 cm³/mol. The maximum Gasteiger partial charge on any atom is 0.272 e. The average molecular weight is 398 g/mol. The number of nitrogens with one attached hydrogen (secondary N) is 1. The second-order valence-corrected chi connectivity index (χ2v) is 7.48. The van der Waals surface area contributed by atoms with Crippen molar-refractivity contribution in [3.05, 3.63) is 45.4 Å². The molecule has 1 N–H and O–H groups in total. The van der Waals surface area contributed by atoms with Gasteiger partial charge in [-0.15, -0.1) is 0 Å². The molecule has 0 saturated carbocycles. The van der Waals surface area contributed by atoms with Crippen molar-refractivity contribution in [2.45, 2.75) is 58.7 Å². The highest BCUT2D eigenvalue weighted by Crippen LogP contribution is 2.30. The molecule has 9 nitrogen and oxygen atoms in total. The van der Waals surface area contributed by atoms with E-state index in [4.69, 9.17) is 4.98 Å². The van der Waals surface area contributed by atoms with Gasteiger partial charge in [0, 0.05) is 38.7 Å². The first-order valence-electron chi connectivity index (χ1n) is 10.3. The lowest BCUT2D eigenvalue weighted by atomic mass is 10.1. The van der Waals surface area contributed by atoms with Crippen molar-refractivity contribution in [2.24, 2.45) is 0 Å². The first-order valence-corrected chi connectivity index (χ1v) is 10.3. The van der Waals surface area contributed by atoms with Gasteiger partial charge in [-0.25, -0.2) is 4.98 Å². The Morgan fingerprint density at radius 1 is 1.28 bits per heavy atom. The van der Waals surface area contributed by atoms with Crippen LogP contribution in [-0.2, 0) is 24.3 Å². The van der Waals surface area contributed by atoms with E-state index in [1.165, 1.54) is 0 Å². The Hall–Kier alpha value is -2.97. The SMILES string of the molecule is CCC(=O)N1CCC[C@H]1c1nc2c(c(=O)[nH]1)CN(C(=O)c1ccnn1CC)CC2. The molecule has 29 heavy (non-hydrogen) atoms. The zero-order valence-corrected chi connectivity index (χ0v) is 16.8. The fourth-order valence-electron chi connectivity index (χ4n) is 4.26. The van der Waals surface area contributed by atoms with E-state index in [1.807, 2.05) is 18.7 Å². The van der Waals surface area contributed by atoms with E-state index in [9.17, 15) is 14.4 Å². The normalized spacial score (nSPS) is 18.8. The van der Waals surface area contributed by atoms with Gasteiger partial charge in [-0.3, -0.25) is 19.1 Å². The minimum Gasteiger partial charge on any atom is -0.333 e. The minimum atomic E-state index is -0.220. The summed E-state index contributed by atoms with van der Waals surface area (Å²) in [5.41, 5.74) is 1.56. The van der Waals surface area contributed by atoms with Crippen LogP contribution in [0.25, 0.3) is 0 Å². The van der Waals surface area contributed by atoms with Crippen LogP contribution in [-0.4, -0.2) is 54.5 Å². The molecule has 1 saturated heterocycles. The molecule has 1 fully saturated rings. The third-order valence-corrected chi connectivity index (χ3v) is 5.80. The van der Waals surface area contributed by atoms with Crippen LogP contribution in [0.5, 0.6) is 0 Å². The number of rotatable bonds is 4. The summed E-state index contributed by atoms with van der Waals surface area (Å²) in [7, 11) is 0. The van der Waals surface area contributed by atoms with Crippen molar-refractivity contribution in [3.63, 3.8) is 0 Å². The van der Waals surface area contributed by atoms with Gasteiger partial charge in [0.2, 0.25) is 5.91 Å². The number of likely N-dealkylation sites (tertiary alicyclic amines) is 1. The molecule has 0 aromatic carbocycles. The molecule has 2 aliphatic rings. The van der Waals surface area contributed by atoms with E-state index in [0.717, 1.165) is 18.5 Å². The summed E-state index contributed by atoms with van der Waals surface area (Å²) < 4.78 is 1.66. The number of hydrogen-bond donors (Lipinski definition) is 1. The maximum atomic E-state index is 12.9. The van der Waals surface area contributed by atoms with E-state index < -0.39 is 0 Å². The molecule has 0 unspecified atom stereocenters. The van der Waals surface area contributed by atoms with Crippen molar-refractivity contribution in [1.29, 1.82) is 0 Å². The minimum absolute atomic E-state index is 0.0807. The highest BCUT2D eigenvalue weighted by Gasteiger charge is 2.33. The van der Waals surface area contributed by atoms with E-state index >= 15 is 0 Å². The summed E-state index contributed by atoms with van der Waals surface area (Å²) in [4.78, 5) is 49.0. The highest BCUT2D eigenvalue weighted by atomic mass is 16.2. The summed E-state index contributed by atoms with van der Waals surface area (Å²) in [5.74, 6) is 0.517. The first kappa shape index (κ1) is 19.4. The van der Waals surface area contributed by atoms with Gasteiger partial charge in [-0.1, -0.05) is 6.92 Å². The molecule has 2 amide bonds. The molecule has 0 spiro atoms. The highest BCUT2D eigenvalue weighted by molar-refractivity contribution is 5.92. The maximum absolute atomic E-state index is 12.9. The molecular formula is C20H26N6O3. The number of aromatic amines is 1. The van der Waals surface area contributed by atoms with E-state index in [1.54, 1.807) is 21.8 Å². The largest absolute Gasteiger partial charge is 0.333 e. The van der Waals surface area contributed by atoms with Crippen molar-refractivity contribution in [3.8, 4) is 0 Å². The first-order chi connectivity index (χ1) is 14.0. The Balaban J connectivity index is 1.58. The fourth-order valence-corrected chi connectivity index (χ4v) is 4.26. The monoisotopic (exact) mass is 398 g/mol. The molecule has 9 heteroatoms. The molecule has 2 aromatic rings. The molecular weight excluding hydrogens is 372 g/mol. The summed E-state index contributed by atoms with van der Waals surface area (Å²) in [5, 5.41) is 4.15. The fraction of sp³-hybridized carbons (Fsp3) is 0.550. The Morgan fingerprint density at radius 2 is 2.10 bits per heavy atom. The van der Waals surface area contributed by atoms with E-state index in [2.05, 4.69) is 10.1 Å². The Bertz CT molecular complexity index is 994. The van der Waals surface area contributed by atoms with Gasteiger partial charge in [0.05, 0.1) is 23.8 Å². The van der Waals surface area contributed by atoms with Gasteiger partial charge < -0.3 is 14.8 Å². The Morgan fingerprint density at radius 3 is 2.86 bits per heavy atom. The van der Waals surface area contributed by atoms with Gasteiger partial charge in [-0.2, -0.15) is 5.10 Å². The zero-order valence-electron chi connectivity index (χ0n) is 16.8. The molecule has 1 atom stereocenters. The summed E-state index contributed by atoms with van der Waals surface area (Å²) >= 11 is 0. The van der Waals surface area contributed by atoms with Crippen LogP contribution in [0.2, 0.25) is 0 Å². The summed E-state index contributed by atoms with van der Waals surface area (Å²) in [6.45, 7) is 5.81. The van der Waals surface area contributed by atoms with Gasteiger partial charge in [0.25, 0.3) is 11.5 Å². The van der Waals surface area contributed by atoms with Crippen LogP contribution in [0.15, 0.2) is 17.1 Å². The molecule has 2 aliphatic heterocycles. The Labute approximate surface area is 168 Å². The van der Waals surface area contributed by atoms with Gasteiger partial charge >= 0.3 is 0 Å². The zero-order chi connectivity index (χ0) is 20.5. The van der Waals surface area contributed by atoms with Crippen LogP contribution < -0.4 is 5.56 Å². The molecule has 4 heterocycles. The topological polar surface area (TPSA) is 104 Å². The molecule has 2 aromatic heterocycles. The molecule has 0 bridgehead atoms. The van der Waals surface area contributed by atoms with Crippen molar-refractivity contribution >= 4 is 11.8 Å². The van der Waals surface area contributed by atoms with Gasteiger partial charge in [0.15, 0.2) is 0 Å². The van der Waals surface area contributed by atoms with Crippen molar-refractivity contribution in [1.82, 2.24) is 29.5 Å². The number of nitrogens with zero attached hydrogens (tertiary/aromatic N) is 5. The Kier molecular flexibility index (Phi) is 5.21. The summed E-state index contributed by atoms with van der Waals surface area (Å²) in [6, 6.07) is 1.53. The van der Waals surface area contributed by atoms with E-state index in [-0.39, 0.29) is 30.0 Å². The van der Waals surface area contributed by atoms with Gasteiger partial charge in [-0.05, 0) is 25.8 Å². The molecule has 154 valence electrons. The van der Waals surface area contributed by atoms with Crippen LogP contribution in [0.1, 0.15) is 66.7 Å². The van der Waals surface area contributed by atoms with Crippen LogP contribution in [0.4, 0.5) is 0 Å².